The molecule has 0 bridgehead atoms. The van der Waals surface area contributed by atoms with Gasteiger partial charge in [0.25, 0.3) is 0 Å². The summed E-state index contributed by atoms with van der Waals surface area (Å²) in [4.78, 5) is 23.4. The van der Waals surface area contributed by atoms with Gasteiger partial charge in [-0.2, -0.15) is 11.8 Å². The fourth-order valence-electron chi connectivity index (χ4n) is 2.66. The first-order valence-electron chi connectivity index (χ1n) is 7.78. The molecule has 1 aliphatic carbocycles. The van der Waals surface area contributed by atoms with Crippen molar-refractivity contribution in [3.8, 4) is 0 Å². The number of carbonyl (C=O) groups is 2. The van der Waals surface area contributed by atoms with E-state index in [-0.39, 0.29) is 6.03 Å². The van der Waals surface area contributed by atoms with Crippen LogP contribution in [0.4, 0.5) is 4.79 Å². The Balaban J connectivity index is 2.31. The Hall–Kier alpha value is -0.910. The number of hydrogen-bond acceptors (Lipinski definition) is 3. The summed E-state index contributed by atoms with van der Waals surface area (Å²) < 4.78 is 0. The number of amides is 2. The molecule has 0 spiro atoms. The molecule has 1 aliphatic rings. The zero-order valence-corrected chi connectivity index (χ0v) is 13.9. The summed E-state index contributed by atoms with van der Waals surface area (Å²) in [5.74, 6) is 0.773. The van der Waals surface area contributed by atoms with E-state index in [0.29, 0.717) is 25.3 Å². The Morgan fingerprint density at radius 2 is 1.90 bits per heavy atom. The van der Waals surface area contributed by atoms with Crippen LogP contribution in [0.25, 0.3) is 0 Å². The zero-order valence-electron chi connectivity index (χ0n) is 13.1. The molecule has 0 heterocycles. The number of carbonyl (C=O) groups excluding carboxylic acids is 1. The van der Waals surface area contributed by atoms with Gasteiger partial charge in [-0.05, 0) is 56.5 Å². The molecule has 0 saturated heterocycles. The van der Waals surface area contributed by atoms with E-state index in [9.17, 15) is 14.7 Å². The van der Waals surface area contributed by atoms with Crippen LogP contribution in [0, 0.1) is 5.92 Å². The van der Waals surface area contributed by atoms with Crippen molar-refractivity contribution in [3.05, 3.63) is 0 Å². The summed E-state index contributed by atoms with van der Waals surface area (Å²) in [5.41, 5.74) is -1.07. The van der Waals surface area contributed by atoms with Gasteiger partial charge in [0.2, 0.25) is 0 Å². The highest BCUT2D eigenvalue weighted by Crippen LogP contribution is 2.32. The van der Waals surface area contributed by atoms with Gasteiger partial charge in [0.15, 0.2) is 0 Å². The molecule has 6 heteroatoms. The summed E-state index contributed by atoms with van der Waals surface area (Å²) in [7, 11) is 0. The standard InChI is InChI=1S/C15H28N2O3S/c1-12-6-8-15(9-7-12,13(18)19)17-14(20)16-10-4-3-5-11-21-2/h12H,3-11H2,1-2H3,(H,18,19)(H2,16,17,20). The van der Waals surface area contributed by atoms with Gasteiger partial charge in [-0.1, -0.05) is 13.3 Å². The molecule has 0 atom stereocenters. The molecule has 122 valence electrons. The van der Waals surface area contributed by atoms with E-state index in [1.807, 2.05) is 11.8 Å². The Kier molecular flexibility index (Phi) is 7.93. The predicted octanol–water partition coefficient (Wildman–Crippen LogP) is 2.85. The number of aliphatic carboxylic acids is 1. The summed E-state index contributed by atoms with van der Waals surface area (Å²) in [6.45, 7) is 2.73. The molecule has 0 aromatic heterocycles. The molecule has 3 N–H and O–H groups in total. The molecule has 5 nitrogen and oxygen atoms in total. The summed E-state index contributed by atoms with van der Waals surface area (Å²) in [6.07, 6.45) is 8.00. The van der Waals surface area contributed by atoms with Gasteiger partial charge >= 0.3 is 12.0 Å². The number of unbranched alkanes of at least 4 members (excludes halogenated alkanes) is 2. The maximum absolute atomic E-state index is 11.9. The second-order valence-electron chi connectivity index (χ2n) is 6.00. The normalized spacial score (nSPS) is 25.3. The zero-order chi connectivity index (χ0) is 15.7. The average molecular weight is 316 g/mol. The number of hydrogen-bond donors (Lipinski definition) is 3. The third kappa shape index (κ3) is 6.16. The first-order chi connectivity index (χ1) is 10.00. The minimum absolute atomic E-state index is 0.350. The number of carboxylic acids is 1. The monoisotopic (exact) mass is 316 g/mol. The van der Waals surface area contributed by atoms with Crippen molar-refractivity contribution >= 4 is 23.8 Å². The minimum atomic E-state index is -1.07. The second-order valence-corrected chi connectivity index (χ2v) is 6.99. The van der Waals surface area contributed by atoms with Crippen LogP contribution in [-0.2, 0) is 4.79 Å². The Bertz CT molecular complexity index is 342. The topological polar surface area (TPSA) is 78.4 Å². The highest BCUT2D eigenvalue weighted by atomic mass is 32.2. The van der Waals surface area contributed by atoms with Crippen molar-refractivity contribution in [2.45, 2.75) is 57.4 Å². The molecule has 1 rings (SSSR count). The Labute approximate surface area is 131 Å². The molecular formula is C15H28N2O3S. The van der Waals surface area contributed by atoms with E-state index >= 15 is 0 Å². The third-order valence-corrected chi connectivity index (χ3v) is 4.90. The van der Waals surface area contributed by atoms with Crippen molar-refractivity contribution in [1.29, 1.82) is 0 Å². The van der Waals surface area contributed by atoms with E-state index < -0.39 is 11.5 Å². The number of rotatable bonds is 8. The molecule has 1 saturated carbocycles. The summed E-state index contributed by atoms with van der Waals surface area (Å²) >= 11 is 1.83. The van der Waals surface area contributed by atoms with Crippen molar-refractivity contribution in [3.63, 3.8) is 0 Å². The number of nitrogens with one attached hydrogen (secondary N) is 2. The average Bonchev–Trinajstić information content (AvgIpc) is 2.45. The van der Waals surface area contributed by atoms with Gasteiger partial charge in [0, 0.05) is 6.54 Å². The van der Waals surface area contributed by atoms with Gasteiger partial charge < -0.3 is 15.7 Å². The van der Waals surface area contributed by atoms with Crippen LogP contribution in [0.3, 0.4) is 0 Å². The minimum Gasteiger partial charge on any atom is -0.480 e. The number of carboxylic acid groups (broad SMARTS) is 1. The maximum atomic E-state index is 11.9. The van der Waals surface area contributed by atoms with Gasteiger partial charge in [0.05, 0.1) is 0 Å². The van der Waals surface area contributed by atoms with E-state index in [1.54, 1.807) is 0 Å². The van der Waals surface area contributed by atoms with Gasteiger partial charge in [-0.3, -0.25) is 0 Å². The van der Waals surface area contributed by atoms with E-state index in [0.717, 1.165) is 37.9 Å². The summed E-state index contributed by atoms with van der Waals surface area (Å²) in [5, 5.41) is 14.9. The SMILES string of the molecule is CSCCCCCNC(=O)NC1(C(=O)O)CCC(C)CC1. The molecule has 2 amide bonds. The molecule has 0 aromatic rings. The largest absolute Gasteiger partial charge is 0.480 e. The van der Waals surface area contributed by atoms with Crippen molar-refractivity contribution in [2.75, 3.05) is 18.6 Å². The smallest absolute Gasteiger partial charge is 0.329 e. The second kappa shape index (κ2) is 9.18. The number of thioether (sulfide) groups is 1. The van der Waals surface area contributed by atoms with E-state index in [1.165, 1.54) is 0 Å². The lowest BCUT2D eigenvalue weighted by Crippen LogP contribution is -2.58. The fourth-order valence-corrected chi connectivity index (χ4v) is 3.15. The highest BCUT2D eigenvalue weighted by Gasteiger charge is 2.42. The first-order valence-corrected chi connectivity index (χ1v) is 9.18. The molecule has 0 aliphatic heterocycles. The van der Waals surface area contributed by atoms with E-state index in [2.05, 4.69) is 23.8 Å². The van der Waals surface area contributed by atoms with Crippen molar-refractivity contribution in [1.82, 2.24) is 10.6 Å². The lowest BCUT2D eigenvalue weighted by Gasteiger charge is -2.36. The van der Waals surface area contributed by atoms with Gasteiger partial charge in [-0.15, -0.1) is 0 Å². The highest BCUT2D eigenvalue weighted by molar-refractivity contribution is 7.98. The Morgan fingerprint density at radius 1 is 1.24 bits per heavy atom. The molecule has 0 aromatic carbocycles. The molecular weight excluding hydrogens is 288 g/mol. The van der Waals surface area contributed by atoms with E-state index in [4.69, 9.17) is 0 Å². The van der Waals surface area contributed by atoms with Crippen LogP contribution >= 0.6 is 11.8 Å². The van der Waals surface area contributed by atoms with Crippen LogP contribution in [0.2, 0.25) is 0 Å². The molecule has 0 unspecified atom stereocenters. The lowest BCUT2D eigenvalue weighted by atomic mass is 9.77. The van der Waals surface area contributed by atoms with Crippen molar-refractivity contribution in [2.24, 2.45) is 5.92 Å². The Morgan fingerprint density at radius 3 is 2.48 bits per heavy atom. The van der Waals surface area contributed by atoms with Gasteiger partial charge in [0.1, 0.15) is 5.54 Å². The third-order valence-electron chi connectivity index (χ3n) is 4.20. The van der Waals surface area contributed by atoms with Crippen LogP contribution < -0.4 is 10.6 Å². The summed E-state index contributed by atoms with van der Waals surface area (Å²) in [6, 6.07) is -0.350. The maximum Gasteiger partial charge on any atom is 0.329 e. The molecule has 1 fully saturated rings. The predicted molar refractivity (Wildman–Crippen MR) is 86.8 cm³/mol. The first kappa shape index (κ1) is 18.1. The van der Waals surface area contributed by atoms with Crippen LogP contribution in [0.15, 0.2) is 0 Å². The van der Waals surface area contributed by atoms with Crippen LogP contribution in [0.1, 0.15) is 51.9 Å². The fraction of sp³-hybridized carbons (Fsp3) is 0.867. The van der Waals surface area contributed by atoms with Crippen LogP contribution in [0.5, 0.6) is 0 Å². The van der Waals surface area contributed by atoms with Crippen molar-refractivity contribution < 1.29 is 14.7 Å². The van der Waals surface area contributed by atoms with Gasteiger partial charge in [-0.25, -0.2) is 9.59 Å². The lowest BCUT2D eigenvalue weighted by molar-refractivity contribution is -0.146. The van der Waals surface area contributed by atoms with Crippen LogP contribution in [-0.4, -0.2) is 41.2 Å². The number of urea groups is 1. The molecule has 0 radical (unpaired) electrons. The molecule has 21 heavy (non-hydrogen) atoms. The quantitative estimate of drug-likeness (QED) is 0.602.